The molecule has 0 aromatic rings. The molecule has 3 N–H and O–H groups in total. The van der Waals surface area contributed by atoms with E-state index < -0.39 is 0 Å². The Morgan fingerprint density at radius 1 is 1.53 bits per heavy atom. The second-order valence-electron chi connectivity index (χ2n) is 5.45. The van der Waals surface area contributed by atoms with E-state index in [1.54, 1.807) is 0 Å². The third-order valence-corrected chi connectivity index (χ3v) is 3.43. The summed E-state index contributed by atoms with van der Waals surface area (Å²) in [6, 6.07) is 0.259. The van der Waals surface area contributed by atoms with Crippen molar-refractivity contribution in [3.8, 4) is 0 Å². The highest BCUT2D eigenvalue weighted by molar-refractivity contribution is 4.94. The Morgan fingerprint density at radius 2 is 2.20 bits per heavy atom. The van der Waals surface area contributed by atoms with Crippen molar-refractivity contribution in [1.82, 2.24) is 5.32 Å². The number of nitrogens with one attached hydrogen (secondary N) is 1. The highest BCUT2D eigenvalue weighted by Gasteiger charge is 2.36. The van der Waals surface area contributed by atoms with Gasteiger partial charge in [0.15, 0.2) is 0 Å². The van der Waals surface area contributed by atoms with Crippen LogP contribution in [-0.4, -0.2) is 30.8 Å². The molecule has 1 heterocycles. The molecule has 0 radical (unpaired) electrons. The monoisotopic (exact) mass is 214 g/mol. The largest absolute Gasteiger partial charge is 0.377 e. The molecular weight excluding hydrogens is 188 g/mol. The summed E-state index contributed by atoms with van der Waals surface area (Å²) in [5.74, 6) is 0.673. The molecule has 1 saturated heterocycles. The van der Waals surface area contributed by atoms with E-state index >= 15 is 0 Å². The molecule has 0 aromatic carbocycles. The standard InChI is InChI=1S/C12H26N2O/c1-9(2)7-11(13)8-14-12(4)5-6-15-10(12)3/h9-11,14H,5-8,13H2,1-4H3. The van der Waals surface area contributed by atoms with Gasteiger partial charge in [0.1, 0.15) is 0 Å². The van der Waals surface area contributed by atoms with Gasteiger partial charge in [-0.3, -0.25) is 0 Å². The zero-order valence-corrected chi connectivity index (χ0v) is 10.5. The zero-order valence-electron chi connectivity index (χ0n) is 10.5. The van der Waals surface area contributed by atoms with E-state index in [9.17, 15) is 0 Å². The SMILES string of the molecule is CC(C)CC(N)CNC1(C)CCOC1C. The Labute approximate surface area is 93.8 Å². The van der Waals surface area contributed by atoms with Gasteiger partial charge >= 0.3 is 0 Å². The van der Waals surface area contributed by atoms with Crippen LogP contribution >= 0.6 is 0 Å². The maximum absolute atomic E-state index is 6.05. The van der Waals surface area contributed by atoms with Gasteiger partial charge in [0.25, 0.3) is 0 Å². The summed E-state index contributed by atoms with van der Waals surface area (Å²) in [5.41, 5.74) is 6.17. The van der Waals surface area contributed by atoms with Gasteiger partial charge in [-0.15, -0.1) is 0 Å². The van der Waals surface area contributed by atoms with Crippen LogP contribution in [0.3, 0.4) is 0 Å². The first kappa shape index (κ1) is 12.9. The van der Waals surface area contributed by atoms with Crippen LogP contribution in [0.25, 0.3) is 0 Å². The van der Waals surface area contributed by atoms with Gasteiger partial charge in [-0.25, -0.2) is 0 Å². The molecule has 0 amide bonds. The summed E-state index contributed by atoms with van der Waals surface area (Å²) in [7, 11) is 0. The second-order valence-corrected chi connectivity index (χ2v) is 5.45. The van der Waals surface area contributed by atoms with Crippen molar-refractivity contribution in [1.29, 1.82) is 0 Å². The second kappa shape index (κ2) is 5.28. The van der Waals surface area contributed by atoms with Crippen molar-refractivity contribution < 1.29 is 4.74 Å². The van der Waals surface area contributed by atoms with E-state index in [2.05, 4.69) is 33.0 Å². The molecule has 3 heteroatoms. The fraction of sp³-hybridized carbons (Fsp3) is 1.00. The van der Waals surface area contributed by atoms with E-state index in [1.165, 1.54) is 0 Å². The maximum atomic E-state index is 6.05. The Morgan fingerprint density at radius 3 is 2.67 bits per heavy atom. The van der Waals surface area contributed by atoms with Crippen LogP contribution in [0.2, 0.25) is 0 Å². The Bertz CT molecular complexity index is 196. The smallest absolute Gasteiger partial charge is 0.0726 e. The molecule has 3 nitrogen and oxygen atoms in total. The summed E-state index contributed by atoms with van der Waals surface area (Å²) in [4.78, 5) is 0. The summed E-state index contributed by atoms with van der Waals surface area (Å²) >= 11 is 0. The Balaban J connectivity index is 2.29. The predicted octanol–water partition coefficient (Wildman–Crippen LogP) is 1.52. The molecular formula is C12H26N2O. The van der Waals surface area contributed by atoms with Crippen LogP contribution in [0.1, 0.15) is 40.5 Å². The average molecular weight is 214 g/mol. The molecule has 1 aliphatic rings. The minimum Gasteiger partial charge on any atom is -0.377 e. The molecule has 15 heavy (non-hydrogen) atoms. The summed E-state index contributed by atoms with van der Waals surface area (Å²) < 4.78 is 5.58. The normalized spacial score (nSPS) is 33.6. The molecule has 0 aromatic heterocycles. The van der Waals surface area contributed by atoms with Gasteiger partial charge in [0, 0.05) is 24.7 Å². The van der Waals surface area contributed by atoms with Gasteiger partial charge in [-0.2, -0.15) is 0 Å². The lowest BCUT2D eigenvalue weighted by atomic mass is 9.94. The summed E-state index contributed by atoms with van der Waals surface area (Å²) in [5, 5.41) is 3.56. The number of ether oxygens (including phenoxy) is 1. The van der Waals surface area contributed by atoms with E-state index in [1.807, 2.05) is 0 Å². The topological polar surface area (TPSA) is 47.3 Å². The van der Waals surface area contributed by atoms with E-state index in [4.69, 9.17) is 10.5 Å². The van der Waals surface area contributed by atoms with E-state index in [0.29, 0.717) is 12.0 Å². The molecule has 90 valence electrons. The predicted molar refractivity (Wildman–Crippen MR) is 63.9 cm³/mol. The van der Waals surface area contributed by atoms with Crippen LogP contribution in [0.5, 0.6) is 0 Å². The van der Waals surface area contributed by atoms with Crippen molar-refractivity contribution in [2.45, 2.75) is 58.2 Å². The van der Waals surface area contributed by atoms with Crippen LogP contribution in [0.15, 0.2) is 0 Å². The minimum atomic E-state index is 0.120. The maximum Gasteiger partial charge on any atom is 0.0726 e. The first-order valence-corrected chi connectivity index (χ1v) is 6.06. The third-order valence-electron chi connectivity index (χ3n) is 3.43. The molecule has 3 atom stereocenters. The van der Waals surface area contributed by atoms with Gasteiger partial charge < -0.3 is 15.8 Å². The fourth-order valence-electron chi connectivity index (χ4n) is 2.12. The van der Waals surface area contributed by atoms with Crippen molar-refractivity contribution in [2.75, 3.05) is 13.2 Å². The van der Waals surface area contributed by atoms with E-state index in [0.717, 1.165) is 26.0 Å². The molecule has 1 aliphatic heterocycles. The van der Waals surface area contributed by atoms with E-state index in [-0.39, 0.29) is 11.6 Å². The highest BCUT2D eigenvalue weighted by Crippen LogP contribution is 2.24. The third kappa shape index (κ3) is 3.74. The highest BCUT2D eigenvalue weighted by atomic mass is 16.5. The lowest BCUT2D eigenvalue weighted by Gasteiger charge is -2.30. The van der Waals surface area contributed by atoms with Crippen LogP contribution in [-0.2, 0) is 4.74 Å². The van der Waals surface area contributed by atoms with Crippen LogP contribution in [0.4, 0.5) is 0 Å². The molecule has 3 unspecified atom stereocenters. The van der Waals surface area contributed by atoms with Crippen molar-refractivity contribution >= 4 is 0 Å². The number of hydrogen-bond acceptors (Lipinski definition) is 3. The molecule has 0 spiro atoms. The average Bonchev–Trinajstić information content (AvgIpc) is 2.44. The quantitative estimate of drug-likeness (QED) is 0.729. The molecule has 1 fully saturated rings. The zero-order chi connectivity index (χ0) is 11.5. The Hall–Kier alpha value is -0.120. The Kier molecular flexibility index (Phi) is 4.56. The lowest BCUT2D eigenvalue weighted by molar-refractivity contribution is 0.0880. The fourth-order valence-corrected chi connectivity index (χ4v) is 2.12. The molecule has 1 rings (SSSR count). The van der Waals surface area contributed by atoms with Crippen molar-refractivity contribution in [3.63, 3.8) is 0 Å². The molecule has 0 saturated carbocycles. The molecule has 0 bridgehead atoms. The van der Waals surface area contributed by atoms with Crippen LogP contribution < -0.4 is 11.1 Å². The number of rotatable bonds is 5. The lowest BCUT2D eigenvalue weighted by Crippen LogP contribution is -2.51. The summed E-state index contributed by atoms with van der Waals surface area (Å²) in [6.07, 6.45) is 2.46. The first-order valence-electron chi connectivity index (χ1n) is 6.06. The number of hydrogen-bond donors (Lipinski definition) is 2. The summed E-state index contributed by atoms with van der Waals surface area (Å²) in [6.45, 7) is 10.5. The van der Waals surface area contributed by atoms with Gasteiger partial charge in [-0.1, -0.05) is 13.8 Å². The van der Waals surface area contributed by atoms with Gasteiger partial charge in [0.05, 0.1) is 6.10 Å². The van der Waals surface area contributed by atoms with Gasteiger partial charge in [0.2, 0.25) is 0 Å². The van der Waals surface area contributed by atoms with Crippen LogP contribution in [0, 0.1) is 5.92 Å². The molecule has 0 aliphatic carbocycles. The van der Waals surface area contributed by atoms with Crippen molar-refractivity contribution in [3.05, 3.63) is 0 Å². The number of nitrogens with two attached hydrogens (primary N) is 1. The minimum absolute atomic E-state index is 0.120. The van der Waals surface area contributed by atoms with Crippen molar-refractivity contribution in [2.24, 2.45) is 11.7 Å². The van der Waals surface area contributed by atoms with Gasteiger partial charge in [-0.05, 0) is 32.6 Å². The first-order chi connectivity index (χ1) is 6.94.